The van der Waals surface area contributed by atoms with Crippen LogP contribution in [0.25, 0.3) is 10.6 Å². The average molecular weight is 225 g/mol. The summed E-state index contributed by atoms with van der Waals surface area (Å²) in [4.78, 5) is 16.8. The summed E-state index contributed by atoms with van der Waals surface area (Å²) in [6.45, 7) is 2.01. The molecule has 2 rings (SSSR count). The largest absolute Gasteiger partial charge is 0.476 e. The number of thiophene rings is 1. The Hall–Kier alpha value is -1.20. The van der Waals surface area contributed by atoms with Gasteiger partial charge in [-0.1, -0.05) is 0 Å². The van der Waals surface area contributed by atoms with Crippen molar-refractivity contribution in [2.24, 2.45) is 0 Å². The Labute approximate surface area is 88.7 Å². The zero-order valence-corrected chi connectivity index (χ0v) is 8.98. The number of nitrogens with zero attached hydrogens (tertiary/aromatic N) is 1. The van der Waals surface area contributed by atoms with Crippen LogP contribution < -0.4 is 0 Å². The normalized spacial score (nSPS) is 10.4. The molecule has 0 aliphatic carbocycles. The summed E-state index contributed by atoms with van der Waals surface area (Å²) in [6.07, 6.45) is 0. The summed E-state index contributed by atoms with van der Waals surface area (Å²) in [5.74, 6) is -0.963. The van der Waals surface area contributed by atoms with E-state index in [2.05, 4.69) is 4.98 Å². The smallest absolute Gasteiger partial charge is 0.365 e. The minimum Gasteiger partial charge on any atom is -0.476 e. The van der Waals surface area contributed by atoms with Gasteiger partial charge in [-0.3, -0.25) is 0 Å². The molecule has 0 aliphatic rings. The fourth-order valence-electron chi connectivity index (χ4n) is 1.06. The lowest BCUT2D eigenvalue weighted by atomic mass is 10.4. The Bertz CT molecular complexity index is 473. The highest BCUT2D eigenvalue weighted by Crippen LogP contribution is 2.28. The van der Waals surface area contributed by atoms with E-state index < -0.39 is 5.97 Å². The third-order valence-corrected chi connectivity index (χ3v) is 3.53. The highest BCUT2D eigenvalue weighted by Gasteiger charge is 2.10. The van der Waals surface area contributed by atoms with E-state index in [0.717, 1.165) is 21.9 Å². The second-order valence-corrected chi connectivity index (χ2v) is 4.90. The fraction of sp³-hybridized carbons (Fsp3) is 0.111. The molecule has 0 bridgehead atoms. The Kier molecular flexibility index (Phi) is 2.35. The van der Waals surface area contributed by atoms with Crippen molar-refractivity contribution in [2.75, 3.05) is 0 Å². The number of aromatic nitrogens is 1. The van der Waals surface area contributed by atoms with Crippen LogP contribution in [-0.2, 0) is 0 Å². The molecule has 0 unspecified atom stereocenters. The molecule has 2 aromatic heterocycles. The van der Waals surface area contributed by atoms with Crippen molar-refractivity contribution in [1.82, 2.24) is 4.98 Å². The first-order valence-electron chi connectivity index (χ1n) is 3.92. The third-order valence-electron chi connectivity index (χ3n) is 1.68. The van der Waals surface area contributed by atoms with Gasteiger partial charge in [-0.05, 0) is 19.1 Å². The van der Waals surface area contributed by atoms with E-state index in [9.17, 15) is 4.79 Å². The summed E-state index contributed by atoms with van der Waals surface area (Å²) in [5, 5.41) is 10.6. The monoisotopic (exact) mass is 225 g/mol. The molecule has 14 heavy (non-hydrogen) atoms. The molecule has 2 aromatic rings. The van der Waals surface area contributed by atoms with Crippen LogP contribution >= 0.6 is 22.7 Å². The van der Waals surface area contributed by atoms with Gasteiger partial charge < -0.3 is 5.11 Å². The van der Waals surface area contributed by atoms with Gasteiger partial charge in [0.1, 0.15) is 0 Å². The highest BCUT2D eigenvalue weighted by molar-refractivity contribution is 7.16. The zero-order valence-electron chi connectivity index (χ0n) is 7.35. The van der Waals surface area contributed by atoms with E-state index in [4.69, 9.17) is 5.11 Å². The first kappa shape index (κ1) is 9.36. The topological polar surface area (TPSA) is 50.2 Å². The molecule has 0 fully saturated rings. The number of aromatic carboxylic acids is 1. The molecule has 0 radical (unpaired) electrons. The first-order valence-corrected chi connectivity index (χ1v) is 5.62. The van der Waals surface area contributed by atoms with E-state index in [1.165, 1.54) is 4.88 Å². The maximum absolute atomic E-state index is 10.6. The Morgan fingerprint density at radius 1 is 1.50 bits per heavy atom. The van der Waals surface area contributed by atoms with Crippen LogP contribution in [0, 0.1) is 6.92 Å². The molecule has 2 heterocycles. The Balaban J connectivity index is 2.38. The molecular weight excluding hydrogens is 218 g/mol. The van der Waals surface area contributed by atoms with Crippen LogP contribution in [0.2, 0.25) is 0 Å². The Morgan fingerprint density at radius 2 is 2.29 bits per heavy atom. The molecule has 3 nitrogen and oxygen atoms in total. The van der Waals surface area contributed by atoms with Crippen LogP contribution in [0.3, 0.4) is 0 Å². The minimum absolute atomic E-state index is 0.144. The van der Waals surface area contributed by atoms with Gasteiger partial charge in [-0.15, -0.1) is 22.7 Å². The second-order valence-electron chi connectivity index (χ2n) is 2.75. The lowest BCUT2D eigenvalue weighted by Crippen LogP contribution is -1.93. The molecule has 0 saturated heterocycles. The van der Waals surface area contributed by atoms with E-state index in [1.54, 1.807) is 16.7 Å². The van der Waals surface area contributed by atoms with Crippen LogP contribution in [0.5, 0.6) is 0 Å². The van der Waals surface area contributed by atoms with Gasteiger partial charge in [0.2, 0.25) is 5.01 Å². The van der Waals surface area contributed by atoms with Crippen LogP contribution in [0.1, 0.15) is 14.7 Å². The van der Waals surface area contributed by atoms with Crippen molar-refractivity contribution in [2.45, 2.75) is 6.92 Å². The number of carboxylic acid groups (broad SMARTS) is 1. The predicted molar refractivity (Wildman–Crippen MR) is 57.1 cm³/mol. The van der Waals surface area contributed by atoms with Gasteiger partial charge in [-0.2, -0.15) is 0 Å². The standard InChI is InChI=1S/C9H7NO2S2/c1-5-2-3-7(14-5)6-4-13-8(10-6)9(11)12/h2-4H,1H3,(H,11,12). The van der Waals surface area contributed by atoms with Gasteiger partial charge >= 0.3 is 5.97 Å². The SMILES string of the molecule is Cc1ccc(-c2csc(C(=O)O)n2)s1. The van der Waals surface area contributed by atoms with Crippen molar-refractivity contribution < 1.29 is 9.90 Å². The second kappa shape index (κ2) is 3.51. The van der Waals surface area contributed by atoms with Crippen molar-refractivity contribution in [3.05, 3.63) is 27.4 Å². The van der Waals surface area contributed by atoms with Crippen molar-refractivity contribution in [3.8, 4) is 10.6 Å². The van der Waals surface area contributed by atoms with Gasteiger partial charge in [0, 0.05) is 10.3 Å². The van der Waals surface area contributed by atoms with Gasteiger partial charge in [0.05, 0.1) is 10.6 Å². The zero-order chi connectivity index (χ0) is 10.1. The van der Waals surface area contributed by atoms with Crippen molar-refractivity contribution in [3.63, 3.8) is 0 Å². The number of rotatable bonds is 2. The molecule has 0 aliphatic heterocycles. The van der Waals surface area contributed by atoms with Gasteiger partial charge in [0.15, 0.2) is 0 Å². The van der Waals surface area contributed by atoms with E-state index in [0.29, 0.717) is 0 Å². The predicted octanol–water partition coefficient (Wildman–Crippen LogP) is 2.88. The minimum atomic E-state index is -0.963. The lowest BCUT2D eigenvalue weighted by Gasteiger charge is -1.86. The van der Waals surface area contributed by atoms with Gasteiger partial charge in [0.25, 0.3) is 0 Å². The molecule has 72 valence electrons. The van der Waals surface area contributed by atoms with Gasteiger partial charge in [-0.25, -0.2) is 9.78 Å². The summed E-state index contributed by atoms with van der Waals surface area (Å²) in [6, 6.07) is 3.96. The summed E-state index contributed by atoms with van der Waals surface area (Å²) < 4.78 is 0. The number of carbonyl (C=O) groups is 1. The molecule has 0 spiro atoms. The van der Waals surface area contributed by atoms with Crippen LogP contribution in [-0.4, -0.2) is 16.1 Å². The van der Waals surface area contributed by atoms with Crippen LogP contribution in [0.15, 0.2) is 17.5 Å². The molecule has 0 aromatic carbocycles. The first-order chi connectivity index (χ1) is 6.66. The molecule has 0 atom stereocenters. The number of thiazole rings is 1. The van der Waals surface area contributed by atoms with Crippen molar-refractivity contribution >= 4 is 28.6 Å². The maximum atomic E-state index is 10.6. The summed E-state index contributed by atoms with van der Waals surface area (Å²) >= 11 is 2.77. The number of hydrogen-bond acceptors (Lipinski definition) is 4. The molecular formula is C9H7NO2S2. The highest BCUT2D eigenvalue weighted by atomic mass is 32.1. The molecule has 5 heteroatoms. The van der Waals surface area contributed by atoms with E-state index in [1.807, 2.05) is 19.1 Å². The lowest BCUT2D eigenvalue weighted by molar-refractivity contribution is 0.0696. The number of carboxylic acids is 1. The summed E-state index contributed by atoms with van der Waals surface area (Å²) in [7, 11) is 0. The fourth-order valence-corrected chi connectivity index (χ4v) is 2.61. The van der Waals surface area contributed by atoms with E-state index >= 15 is 0 Å². The van der Waals surface area contributed by atoms with Crippen molar-refractivity contribution in [1.29, 1.82) is 0 Å². The number of aryl methyl sites for hydroxylation is 1. The quantitative estimate of drug-likeness (QED) is 0.855. The summed E-state index contributed by atoms with van der Waals surface area (Å²) in [5.41, 5.74) is 0.755. The third kappa shape index (κ3) is 1.69. The molecule has 1 N–H and O–H groups in total. The maximum Gasteiger partial charge on any atom is 0.365 e. The van der Waals surface area contributed by atoms with E-state index in [-0.39, 0.29) is 5.01 Å². The Morgan fingerprint density at radius 3 is 2.79 bits per heavy atom. The molecule has 0 saturated carbocycles. The molecule has 0 amide bonds. The number of hydrogen-bond donors (Lipinski definition) is 1. The van der Waals surface area contributed by atoms with Crippen LogP contribution in [0.4, 0.5) is 0 Å². The average Bonchev–Trinajstić information content (AvgIpc) is 2.70.